The molecule has 0 spiro atoms. The number of allylic oxidation sites excluding steroid dienone is 1. The van der Waals surface area contributed by atoms with Crippen LogP contribution in [0.2, 0.25) is 0 Å². The summed E-state index contributed by atoms with van der Waals surface area (Å²) in [7, 11) is 0. The van der Waals surface area contributed by atoms with Gasteiger partial charge < -0.3 is 10.0 Å². The number of aliphatic hydroxyl groups is 1. The first-order valence-corrected chi connectivity index (χ1v) is 3.14. The Hall–Kier alpha value is -0.920. The largest absolute Gasteiger partial charge is 0.506 e. The molecule has 0 bridgehead atoms. The zero-order valence-corrected chi connectivity index (χ0v) is 5.54. The van der Waals surface area contributed by atoms with E-state index in [1.54, 1.807) is 12.3 Å². The van der Waals surface area contributed by atoms with Crippen LogP contribution in [-0.4, -0.2) is 23.1 Å². The smallest absolute Gasteiger partial charge is 0.131 e. The van der Waals surface area contributed by atoms with Crippen LogP contribution in [-0.2, 0) is 0 Å². The molecule has 2 nitrogen and oxygen atoms in total. The first-order valence-electron chi connectivity index (χ1n) is 3.14. The highest BCUT2D eigenvalue weighted by Gasteiger charge is 1.99. The van der Waals surface area contributed by atoms with Crippen molar-refractivity contribution in [2.75, 3.05) is 13.1 Å². The van der Waals surface area contributed by atoms with Crippen molar-refractivity contribution < 1.29 is 5.11 Å². The topological polar surface area (TPSA) is 23.5 Å². The Kier molecular flexibility index (Phi) is 1.78. The SMILES string of the molecule is CCN1C=C(O)C=CC1. The van der Waals surface area contributed by atoms with Crippen LogP contribution >= 0.6 is 0 Å². The third kappa shape index (κ3) is 1.49. The first-order chi connectivity index (χ1) is 4.33. The second kappa shape index (κ2) is 2.58. The lowest BCUT2D eigenvalue weighted by molar-refractivity contribution is 0.367. The van der Waals surface area contributed by atoms with Crippen LogP contribution in [0.25, 0.3) is 0 Å². The Balaban J connectivity index is 2.55. The van der Waals surface area contributed by atoms with Gasteiger partial charge in [-0.2, -0.15) is 0 Å². The summed E-state index contributed by atoms with van der Waals surface area (Å²) < 4.78 is 0. The lowest BCUT2D eigenvalue weighted by atomic mass is 10.3. The highest BCUT2D eigenvalue weighted by atomic mass is 16.3. The van der Waals surface area contributed by atoms with Gasteiger partial charge in [-0.1, -0.05) is 6.08 Å². The van der Waals surface area contributed by atoms with E-state index in [0.717, 1.165) is 13.1 Å². The molecule has 0 saturated heterocycles. The molecule has 0 saturated carbocycles. The lowest BCUT2D eigenvalue weighted by Gasteiger charge is -2.18. The van der Waals surface area contributed by atoms with Gasteiger partial charge in [0.25, 0.3) is 0 Å². The van der Waals surface area contributed by atoms with Crippen molar-refractivity contribution in [2.45, 2.75) is 6.92 Å². The number of likely N-dealkylation sites (N-methyl/N-ethyl adjacent to an activating group) is 1. The molecular weight excluding hydrogens is 114 g/mol. The summed E-state index contributed by atoms with van der Waals surface area (Å²) in [4.78, 5) is 2.04. The average molecular weight is 125 g/mol. The van der Waals surface area contributed by atoms with Gasteiger partial charge in [0, 0.05) is 19.3 Å². The molecule has 0 aromatic carbocycles. The van der Waals surface area contributed by atoms with Crippen LogP contribution in [0.3, 0.4) is 0 Å². The van der Waals surface area contributed by atoms with Crippen molar-refractivity contribution in [3.05, 3.63) is 24.1 Å². The summed E-state index contributed by atoms with van der Waals surface area (Å²) in [6.45, 7) is 3.93. The van der Waals surface area contributed by atoms with Crippen LogP contribution in [0.1, 0.15) is 6.92 Å². The van der Waals surface area contributed by atoms with Gasteiger partial charge in [-0.25, -0.2) is 0 Å². The maximum absolute atomic E-state index is 8.94. The summed E-state index contributed by atoms with van der Waals surface area (Å²) in [6, 6.07) is 0. The van der Waals surface area contributed by atoms with Crippen molar-refractivity contribution in [2.24, 2.45) is 0 Å². The maximum Gasteiger partial charge on any atom is 0.131 e. The number of hydrogen-bond donors (Lipinski definition) is 1. The molecule has 0 radical (unpaired) electrons. The van der Waals surface area contributed by atoms with Gasteiger partial charge in [0.05, 0.1) is 0 Å². The summed E-state index contributed by atoms with van der Waals surface area (Å²) in [6.07, 6.45) is 5.41. The van der Waals surface area contributed by atoms with E-state index in [2.05, 4.69) is 6.92 Å². The zero-order chi connectivity index (χ0) is 6.69. The maximum atomic E-state index is 8.94. The van der Waals surface area contributed by atoms with E-state index in [1.807, 2.05) is 11.0 Å². The molecule has 0 aliphatic carbocycles. The average Bonchev–Trinajstić information content (AvgIpc) is 1.88. The lowest BCUT2D eigenvalue weighted by Crippen LogP contribution is -2.19. The normalized spacial score (nSPS) is 17.9. The Morgan fingerprint density at radius 3 is 3.00 bits per heavy atom. The standard InChI is InChI=1S/C7H11NO/c1-2-8-5-3-4-7(9)6-8/h3-4,6,9H,2,5H2,1H3. The Labute approximate surface area is 55.1 Å². The summed E-state index contributed by atoms with van der Waals surface area (Å²) in [5, 5.41) is 8.94. The molecule has 2 heteroatoms. The van der Waals surface area contributed by atoms with Gasteiger partial charge in [0.1, 0.15) is 5.76 Å². The minimum Gasteiger partial charge on any atom is -0.506 e. The van der Waals surface area contributed by atoms with Crippen molar-refractivity contribution in [3.63, 3.8) is 0 Å². The van der Waals surface area contributed by atoms with E-state index in [-0.39, 0.29) is 0 Å². The third-order valence-electron chi connectivity index (χ3n) is 1.35. The Bertz CT molecular complexity index is 149. The summed E-state index contributed by atoms with van der Waals surface area (Å²) >= 11 is 0. The van der Waals surface area contributed by atoms with Crippen LogP contribution in [0.5, 0.6) is 0 Å². The van der Waals surface area contributed by atoms with Gasteiger partial charge in [0.15, 0.2) is 0 Å². The highest BCUT2D eigenvalue weighted by Crippen LogP contribution is 2.02. The molecule has 0 unspecified atom stereocenters. The molecule has 1 heterocycles. The molecule has 0 fully saturated rings. The van der Waals surface area contributed by atoms with Crippen molar-refractivity contribution >= 4 is 0 Å². The molecule has 1 N–H and O–H groups in total. The van der Waals surface area contributed by atoms with Gasteiger partial charge >= 0.3 is 0 Å². The Morgan fingerprint density at radius 1 is 1.78 bits per heavy atom. The second-order valence-corrected chi connectivity index (χ2v) is 2.04. The highest BCUT2D eigenvalue weighted by molar-refractivity contribution is 5.14. The van der Waals surface area contributed by atoms with Crippen molar-refractivity contribution in [3.8, 4) is 0 Å². The fraction of sp³-hybridized carbons (Fsp3) is 0.429. The van der Waals surface area contributed by atoms with Gasteiger partial charge in [-0.15, -0.1) is 0 Å². The van der Waals surface area contributed by atoms with E-state index >= 15 is 0 Å². The van der Waals surface area contributed by atoms with Crippen LogP contribution in [0, 0.1) is 0 Å². The molecule has 0 amide bonds. The van der Waals surface area contributed by atoms with E-state index in [9.17, 15) is 0 Å². The summed E-state index contributed by atoms with van der Waals surface area (Å²) in [5.74, 6) is 0.350. The minimum atomic E-state index is 0.350. The first kappa shape index (κ1) is 6.20. The van der Waals surface area contributed by atoms with Crippen LogP contribution < -0.4 is 0 Å². The van der Waals surface area contributed by atoms with Gasteiger partial charge in [0.2, 0.25) is 0 Å². The predicted octanol–water partition coefficient (Wildman–Crippen LogP) is 1.28. The quantitative estimate of drug-likeness (QED) is 0.570. The van der Waals surface area contributed by atoms with E-state index in [0.29, 0.717) is 5.76 Å². The number of hydrogen-bond acceptors (Lipinski definition) is 2. The van der Waals surface area contributed by atoms with Crippen molar-refractivity contribution in [1.82, 2.24) is 4.90 Å². The van der Waals surface area contributed by atoms with Gasteiger partial charge in [-0.3, -0.25) is 0 Å². The van der Waals surface area contributed by atoms with E-state index in [4.69, 9.17) is 5.11 Å². The molecule has 1 aliphatic heterocycles. The fourth-order valence-corrected chi connectivity index (χ4v) is 0.812. The van der Waals surface area contributed by atoms with E-state index < -0.39 is 0 Å². The van der Waals surface area contributed by atoms with Crippen molar-refractivity contribution in [1.29, 1.82) is 0 Å². The molecule has 1 aliphatic rings. The van der Waals surface area contributed by atoms with Crippen LogP contribution in [0.15, 0.2) is 24.1 Å². The van der Waals surface area contributed by atoms with Gasteiger partial charge in [-0.05, 0) is 13.0 Å². The van der Waals surface area contributed by atoms with E-state index in [1.165, 1.54) is 0 Å². The number of nitrogens with zero attached hydrogens (tertiary/aromatic N) is 1. The van der Waals surface area contributed by atoms with Crippen LogP contribution in [0.4, 0.5) is 0 Å². The fourth-order valence-electron chi connectivity index (χ4n) is 0.812. The molecule has 9 heavy (non-hydrogen) atoms. The minimum absolute atomic E-state index is 0.350. The molecular formula is C7H11NO. The molecule has 1 rings (SSSR count). The third-order valence-corrected chi connectivity index (χ3v) is 1.35. The zero-order valence-electron chi connectivity index (χ0n) is 5.54. The number of rotatable bonds is 1. The molecule has 0 atom stereocenters. The second-order valence-electron chi connectivity index (χ2n) is 2.04. The monoisotopic (exact) mass is 125 g/mol. The molecule has 50 valence electrons. The predicted molar refractivity (Wildman–Crippen MR) is 37.1 cm³/mol. The molecule has 0 aromatic rings. The Morgan fingerprint density at radius 2 is 2.56 bits per heavy atom. The summed E-state index contributed by atoms with van der Waals surface area (Å²) in [5.41, 5.74) is 0. The number of aliphatic hydroxyl groups excluding tert-OH is 1. The molecule has 0 aromatic heterocycles.